The van der Waals surface area contributed by atoms with E-state index >= 15 is 0 Å². The summed E-state index contributed by atoms with van der Waals surface area (Å²) in [6.07, 6.45) is -2.09. The predicted molar refractivity (Wildman–Crippen MR) is 70.6 cm³/mol. The Bertz CT molecular complexity index is 617. The van der Waals surface area contributed by atoms with E-state index in [-0.39, 0.29) is 11.3 Å². The van der Waals surface area contributed by atoms with Gasteiger partial charge in [0.1, 0.15) is 5.58 Å². The Labute approximate surface area is 115 Å². The lowest BCUT2D eigenvalue weighted by molar-refractivity contribution is -0.136. The average molecular weight is 283 g/mol. The molecule has 3 rings (SSSR count). The highest BCUT2D eigenvalue weighted by molar-refractivity contribution is 5.85. The van der Waals surface area contributed by atoms with Gasteiger partial charge < -0.3 is 9.73 Å². The summed E-state index contributed by atoms with van der Waals surface area (Å²) < 4.78 is 44.3. The standard InChI is InChI=1S/C15H16F3NO/c1-9-8-19-6-4-10(9)11-2-3-13(15(16,17)18)12-5-7-20-14(11)12/h2-3,5,7,9-10,19H,4,6,8H2,1H3/t9-,10+/m1/s1. The molecule has 1 aliphatic rings. The third-order valence-electron chi connectivity index (χ3n) is 4.14. The van der Waals surface area contributed by atoms with Gasteiger partial charge in [-0.3, -0.25) is 0 Å². The number of rotatable bonds is 1. The first-order valence-electron chi connectivity index (χ1n) is 6.76. The van der Waals surface area contributed by atoms with Crippen LogP contribution in [0, 0.1) is 5.92 Å². The lowest BCUT2D eigenvalue weighted by Gasteiger charge is -2.30. The zero-order valence-electron chi connectivity index (χ0n) is 11.1. The van der Waals surface area contributed by atoms with Crippen molar-refractivity contribution in [3.05, 3.63) is 35.6 Å². The third kappa shape index (κ3) is 2.20. The Morgan fingerprint density at radius 3 is 2.75 bits per heavy atom. The number of hydrogen-bond acceptors (Lipinski definition) is 2. The molecule has 2 aromatic rings. The third-order valence-corrected chi connectivity index (χ3v) is 4.14. The van der Waals surface area contributed by atoms with Crippen molar-refractivity contribution in [3.63, 3.8) is 0 Å². The summed E-state index contributed by atoms with van der Waals surface area (Å²) in [5.41, 5.74) is 0.664. The molecule has 1 saturated heterocycles. The van der Waals surface area contributed by atoms with Crippen molar-refractivity contribution < 1.29 is 17.6 Å². The Morgan fingerprint density at radius 1 is 1.25 bits per heavy atom. The maximum atomic E-state index is 13.0. The van der Waals surface area contributed by atoms with Crippen molar-refractivity contribution in [2.24, 2.45) is 5.92 Å². The Morgan fingerprint density at radius 2 is 2.05 bits per heavy atom. The normalized spacial score (nSPS) is 24.2. The molecule has 108 valence electrons. The van der Waals surface area contributed by atoms with Crippen molar-refractivity contribution in [1.82, 2.24) is 5.32 Å². The summed E-state index contributed by atoms with van der Waals surface area (Å²) in [4.78, 5) is 0. The second kappa shape index (κ2) is 4.81. The van der Waals surface area contributed by atoms with Crippen LogP contribution in [0.4, 0.5) is 13.2 Å². The highest BCUT2D eigenvalue weighted by Crippen LogP contribution is 2.40. The van der Waals surface area contributed by atoms with E-state index in [1.54, 1.807) is 6.07 Å². The molecule has 20 heavy (non-hydrogen) atoms. The molecule has 2 nitrogen and oxygen atoms in total. The highest BCUT2D eigenvalue weighted by atomic mass is 19.4. The minimum Gasteiger partial charge on any atom is -0.464 e. The van der Waals surface area contributed by atoms with Gasteiger partial charge in [0.2, 0.25) is 0 Å². The molecule has 0 radical (unpaired) electrons. The van der Waals surface area contributed by atoms with Gasteiger partial charge in [-0.25, -0.2) is 0 Å². The molecule has 1 aliphatic heterocycles. The van der Waals surface area contributed by atoms with E-state index < -0.39 is 11.7 Å². The van der Waals surface area contributed by atoms with E-state index in [1.807, 2.05) is 0 Å². The largest absolute Gasteiger partial charge is 0.464 e. The Hall–Kier alpha value is -1.49. The van der Waals surface area contributed by atoms with Crippen molar-refractivity contribution >= 4 is 11.0 Å². The van der Waals surface area contributed by atoms with Gasteiger partial charge in [-0.15, -0.1) is 0 Å². The van der Waals surface area contributed by atoms with Gasteiger partial charge in [0, 0.05) is 5.39 Å². The summed E-state index contributed by atoms with van der Waals surface area (Å²) in [7, 11) is 0. The Balaban J connectivity index is 2.12. The van der Waals surface area contributed by atoms with Crippen molar-refractivity contribution in [2.75, 3.05) is 13.1 Å². The molecule has 1 aromatic carbocycles. The van der Waals surface area contributed by atoms with Gasteiger partial charge in [-0.1, -0.05) is 13.0 Å². The summed E-state index contributed by atoms with van der Waals surface area (Å²) in [5.74, 6) is 0.626. The van der Waals surface area contributed by atoms with Crippen LogP contribution in [-0.4, -0.2) is 13.1 Å². The van der Waals surface area contributed by atoms with Crippen molar-refractivity contribution in [3.8, 4) is 0 Å². The molecular formula is C15H16F3NO. The summed E-state index contributed by atoms with van der Waals surface area (Å²) in [6.45, 7) is 3.88. The second-order valence-electron chi connectivity index (χ2n) is 5.44. The first kappa shape index (κ1) is 13.5. The molecule has 0 bridgehead atoms. The molecule has 2 heterocycles. The fourth-order valence-electron chi connectivity index (χ4n) is 3.10. The monoisotopic (exact) mass is 283 g/mol. The van der Waals surface area contributed by atoms with Crippen LogP contribution in [-0.2, 0) is 6.18 Å². The molecule has 2 atom stereocenters. The number of nitrogens with one attached hydrogen (secondary N) is 1. The summed E-state index contributed by atoms with van der Waals surface area (Å²) in [5, 5.41) is 3.47. The lowest BCUT2D eigenvalue weighted by Crippen LogP contribution is -2.33. The van der Waals surface area contributed by atoms with Gasteiger partial charge in [0.25, 0.3) is 0 Å². The van der Waals surface area contributed by atoms with E-state index in [9.17, 15) is 13.2 Å². The highest BCUT2D eigenvalue weighted by Gasteiger charge is 2.35. The molecular weight excluding hydrogens is 267 g/mol. The van der Waals surface area contributed by atoms with Crippen LogP contribution < -0.4 is 5.32 Å². The van der Waals surface area contributed by atoms with Crippen LogP contribution >= 0.6 is 0 Å². The number of alkyl halides is 3. The minimum atomic E-state index is -4.35. The summed E-state index contributed by atoms with van der Waals surface area (Å²) >= 11 is 0. The molecule has 5 heteroatoms. The molecule has 0 saturated carbocycles. The maximum Gasteiger partial charge on any atom is 0.417 e. The summed E-state index contributed by atoms with van der Waals surface area (Å²) in [6, 6.07) is 4.18. The zero-order chi connectivity index (χ0) is 14.3. The van der Waals surface area contributed by atoms with Crippen LogP contribution in [0.15, 0.2) is 28.9 Å². The fourth-order valence-corrected chi connectivity index (χ4v) is 3.10. The van der Waals surface area contributed by atoms with E-state index in [2.05, 4.69) is 12.2 Å². The first-order valence-corrected chi connectivity index (χ1v) is 6.76. The SMILES string of the molecule is C[C@@H]1CNCC[C@@H]1c1ccc(C(F)(F)F)c2ccoc12. The lowest BCUT2D eigenvalue weighted by atomic mass is 9.81. The molecule has 1 N–H and O–H groups in total. The number of halogens is 3. The van der Waals surface area contributed by atoms with Gasteiger partial charge in [-0.05, 0) is 49.0 Å². The molecule has 1 fully saturated rings. The number of benzene rings is 1. The molecule has 0 aliphatic carbocycles. The van der Waals surface area contributed by atoms with Gasteiger partial charge in [0.05, 0.1) is 11.8 Å². The molecule has 0 amide bonds. The van der Waals surface area contributed by atoms with Crippen molar-refractivity contribution in [2.45, 2.75) is 25.4 Å². The van der Waals surface area contributed by atoms with Crippen LogP contribution in [0.25, 0.3) is 11.0 Å². The average Bonchev–Trinajstić information content (AvgIpc) is 2.86. The van der Waals surface area contributed by atoms with Crippen LogP contribution in [0.2, 0.25) is 0 Å². The van der Waals surface area contributed by atoms with E-state index in [1.165, 1.54) is 18.4 Å². The van der Waals surface area contributed by atoms with Crippen LogP contribution in [0.5, 0.6) is 0 Å². The van der Waals surface area contributed by atoms with Crippen LogP contribution in [0.3, 0.4) is 0 Å². The van der Waals surface area contributed by atoms with Gasteiger partial charge in [-0.2, -0.15) is 13.2 Å². The molecule has 0 unspecified atom stereocenters. The first-order chi connectivity index (χ1) is 9.48. The zero-order valence-corrected chi connectivity index (χ0v) is 11.1. The van der Waals surface area contributed by atoms with E-state index in [4.69, 9.17) is 4.42 Å². The topological polar surface area (TPSA) is 25.2 Å². The predicted octanol–water partition coefficient (Wildman–Crippen LogP) is 4.16. The quantitative estimate of drug-likeness (QED) is 0.850. The smallest absolute Gasteiger partial charge is 0.417 e. The second-order valence-corrected chi connectivity index (χ2v) is 5.44. The number of hydrogen-bond donors (Lipinski definition) is 1. The molecule has 1 aromatic heterocycles. The van der Waals surface area contributed by atoms with E-state index in [0.717, 1.165) is 25.1 Å². The molecule has 0 spiro atoms. The number of furan rings is 1. The number of piperidine rings is 1. The fraction of sp³-hybridized carbons (Fsp3) is 0.467. The van der Waals surface area contributed by atoms with Gasteiger partial charge >= 0.3 is 6.18 Å². The van der Waals surface area contributed by atoms with E-state index in [0.29, 0.717) is 11.5 Å². The van der Waals surface area contributed by atoms with Crippen molar-refractivity contribution in [1.29, 1.82) is 0 Å². The number of fused-ring (bicyclic) bond motifs is 1. The maximum absolute atomic E-state index is 13.0. The Kier molecular flexibility index (Phi) is 3.24. The van der Waals surface area contributed by atoms with Crippen LogP contribution in [0.1, 0.15) is 30.4 Å². The van der Waals surface area contributed by atoms with Gasteiger partial charge in [0.15, 0.2) is 0 Å². The minimum absolute atomic E-state index is 0.167.